The molecule has 0 bridgehead atoms. The first-order valence-corrected chi connectivity index (χ1v) is 6.58. The van der Waals surface area contributed by atoms with Gasteiger partial charge in [0, 0.05) is 24.2 Å². The number of carbonyl (C=O) groups excluding carboxylic acids is 1. The van der Waals surface area contributed by atoms with Crippen LogP contribution in [0.2, 0.25) is 10.0 Å². The number of nitrogens with zero attached hydrogens (tertiary/aromatic N) is 1. The highest BCUT2D eigenvalue weighted by atomic mass is 35.5. The Morgan fingerprint density at radius 3 is 2.89 bits per heavy atom. The van der Waals surface area contributed by atoms with E-state index in [1.54, 1.807) is 6.07 Å². The zero-order valence-electron chi connectivity index (χ0n) is 9.83. The number of nitrogens with two attached hydrogens (primary N) is 1. The number of anilines is 1. The average Bonchev–Trinajstić information content (AvgIpc) is 2.28. The molecule has 18 heavy (non-hydrogen) atoms. The highest BCUT2D eigenvalue weighted by Gasteiger charge is 2.22. The van der Waals surface area contributed by atoms with E-state index in [1.165, 1.54) is 0 Å². The second-order valence-electron chi connectivity index (χ2n) is 4.39. The molecule has 0 aliphatic carbocycles. The van der Waals surface area contributed by atoms with E-state index >= 15 is 0 Å². The van der Waals surface area contributed by atoms with Gasteiger partial charge in [-0.3, -0.25) is 0 Å². The van der Waals surface area contributed by atoms with E-state index in [4.69, 9.17) is 28.9 Å². The number of hydrogen-bond donors (Lipinski definition) is 2. The van der Waals surface area contributed by atoms with Gasteiger partial charge in [-0.15, -0.1) is 0 Å². The number of primary amides is 1. The molecule has 0 saturated carbocycles. The predicted octanol–water partition coefficient (Wildman–Crippen LogP) is 2.63. The van der Waals surface area contributed by atoms with Gasteiger partial charge in [0.05, 0.1) is 10.7 Å². The second kappa shape index (κ2) is 5.67. The van der Waals surface area contributed by atoms with Crippen LogP contribution in [-0.4, -0.2) is 25.2 Å². The Kier molecular flexibility index (Phi) is 4.19. The van der Waals surface area contributed by atoms with Crippen LogP contribution in [0.4, 0.5) is 10.5 Å². The van der Waals surface area contributed by atoms with E-state index in [0.717, 1.165) is 25.1 Å². The van der Waals surface area contributed by atoms with Crippen molar-refractivity contribution in [2.45, 2.75) is 18.9 Å². The summed E-state index contributed by atoms with van der Waals surface area (Å²) in [6.45, 7) is 1.63. The summed E-state index contributed by atoms with van der Waals surface area (Å²) in [5, 5.41) is 3.99. The van der Waals surface area contributed by atoms with Crippen molar-refractivity contribution in [2.24, 2.45) is 5.73 Å². The van der Waals surface area contributed by atoms with Crippen molar-refractivity contribution in [2.75, 3.05) is 18.0 Å². The largest absolute Gasteiger partial charge is 0.368 e. The lowest BCUT2D eigenvalue weighted by Crippen LogP contribution is -2.49. The fraction of sp³-hybridized carbons (Fsp3) is 0.417. The molecular weight excluding hydrogens is 273 g/mol. The Bertz CT molecular complexity index is 453. The summed E-state index contributed by atoms with van der Waals surface area (Å²) in [6.07, 6.45) is 1.93. The van der Waals surface area contributed by atoms with Crippen molar-refractivity contribution in [1.82, 2.24) is 5.32 Å². The SMILES string of the molecule is NC(=O)N[C@@H]1CCCN(c2ccc(Cl)cc2Cl)C1. The first kappa shape index (κ1) is 13.3. The molecule has 1 aromatic carbocycles. The summed E-state index contributed by atoms with van der Waals surface area (Å²) in [4.78, 5) is 13.0. The predicted molar refractivity (Wildman–Crippen MR) is 74.4 cm³/mol. The quantitative estimate of drug-likeness (QED) is 0.879. The van der Waals surface area contributed by atoms with Crippen LogP contribution < -0.4 is 16.0 Å². The number of amides is 2. The number of piperidine rings is 1. The highest BCUT2D eigenvalue weighted by Crippen LogP contribution is 2.30. The van der Waals surface area contributed by atoms with Crippen LogP contribution in [0.3, 0.4) is 0 Å². The Hall–Kier alpha value is -1.13. The highest BCUT2D eigenvalue weighted by molar-refractivity contribution is 6.36. The lowest BCUT2D eigenvalue weighted by Gasteiger charge is -2.35. The number of urea groups is 1. The molecule has 0 radical (unpaired) electrons. The molecule has 0 spiro atoms. The first-order valence-electron chi connectivity index (χ1n) is 5.82. The van der Waals surface area contributed by atoms with Gasteiger partial charge in [0.1, 0.15) is 0 Å². The molecule has 3 N–H and O–H groups in total. The fourth-order valence-corrected chi connectivity index (χ4v) is 2.78. The normalized spacial score (nSPS) is 19.7. The lowest BCUT2D eigenvalue weighted by atomic mass is 10.1. The van der Waals surface area contributed by atoms with Crippen molar-refractivity contribution in [3.63, 3.8) is 0 Å². The Labute approximate surface area is 116 Å². The molecule has 1 saturated heterocycles. The van der Waals surface area contributed by atoms with Crippen molar-refractivity contribution in [3.05, 3.63) is 28.2 Å². The van der Waals surface area contributed by atoms with Crippen molar-refractivity contribution < 1.29 is 4.79 Å². The molecule has 6 heteroatoms. The van der Waals surface area contributed by atoms with E-state index in [2.05, 4.69) is 10.2 Å². The maximum absolute atomic E-state index is 10.9. The number of halogens is 2. The van der Waals surface area contributed by atoms with Gasteiger partial charge in [-0.05, 0) is 31.0 Å². The minimum atomic E-state index is -0.482. The Morgan fingerprint density at radius 1 is 1.44 bits per heavy atom. The molecule has 1 atom stereocenters. The van der Waals surface area contributed by atoms with E-state index in [1.807, 2.05) is 12.1 Å². The maximum Gasteiger partial charge on any atom is 0.312 e. The molecule has 2 rings (SSSR count). The van der Waals surface area contributed by atoms with Gasteiger partial charge in [-0.1, -0.05) is 23.2 Å². The third-order valence-corrected chi connectivity index (χ3v) is 3.56. The van der Waals surface area contributed by atoms with Crippen molar-refractivity contribution in [3.8, 4) is 0 Å². The molecule has 4 nitrogen and oxygen atoms in total. The summed E-state index contributed by atoms with van der Waals surface area (Å²) in [5.41, 5.74) is 6.09. The molecular formula is C12H15Cl2N3O. The van der Waals surface area contributed by atoms with Gasteiger partial charge in [-0.2, -0.15) is 0 Å². The number of hydrogen-bond acceptors (Lipinski definition) is 2. The van der Waals surface area contributed by atoms with E-state index in [0.29, 0.717) is 16.6 Å². The summed E-state index contributed by atoms with van der Waals surface area (Å²) in [5.74, 6) is 0. The number of benzene rings is 1. The van der Waals surface area contributed by atoms with Crippen LogP contribution in [0, 0.1) is 0 Å². The fourth-order valence-electron chi connectivity index (χ4n) is 2.25. The molecule has 1 aromatic rings. The summed E-state index contributed by atoms with van der Waals surface area (Å²) >= 11 is 12.1. The zero-order chi connectivity index (χ0) is 13.1. The van der Waals surface area contributed by atoms with Crippen molar-refractivity contribution in [1.29, 1.82) is 0 Å². The molecule has 0 aromatic heterocycles. The molecule has 1 aliphatic rings. The van der Waals surface area contributed by atoms with Crippen LogP contribution in [0.1, 0.15) is 12.8 Å². The standard InChI is InChI=1S/C12H15Cl2N3O/c13-8-3-4-11(10(14)6-8)17-5-1-2-9(7-17)16-12(15)18/h3-4,6,9H,1-2,5,7H2,(H3,15,16,18)/t9-/m1/s1. The van der Waals surface area contributed by atoms with Crippen LogP contribution in [0.5, 0.6) is 0 Å². The van der Waals surface area contributed by atoms with Gasteiger partial charge in [-0.25, -0.2) is 4.79 Å². The molecule has 1 heterocycles. The monoisotopic (exact) mass is 287 g/mol. The Morgan fingerprint density at radius 2 is 2.22 bits per heavy atom. The minimum Gasteiger partial charge on any atom is -0.368 e. The number of rotatable bonds is 2. The summed E-state index contributed by atoms with van der Waals surface area (Å²) < 4.78 is 0. The second-order valence-corrected chi connectivity index (χ2v) is 5.23. The smallest absolute Gasteiger partial charge is 0.312 e. The van der Waals surface area contributed by atoms with Gasteiger partial charge in [0.25, 0.3) is 0 Å². The molecule has 0 unspecified atom stereocenters. The van der Waals surface area contributed by atoms with Crippen molar-refractivity contribution >= 4 is 34.9 Å². The van der Waals surface area contributed by atoms with E-state index in [9.17, 15) is 4.79 Å². The van der Waals surface area contributed by atoms with E-state index in [-0.39, 0.29) is 6.04 Å². The van der Waals surface area contributed by atoms with Gasteiger partial charge in [0.15, 0.2) is 0 Å². The first-order chi connectivity index (χ1) is 8.56. The van der Waals surface area contributed by atoms with Gasteiger partial charge < -0.3 is 16.0 Å². The van der Waals surface area contributed by atoms with Crippen LogP contribution in [0.25, 0.3) is 0 Å². The topological polar surface area (TPSA) is 58.4 Å². The zero-order valence-corrected chi connectivity index (χ0v) is 11.3. The summed E-state index contributed by atoms with van der Waals surface area (Å²) in [6, 6.07) is 5.03. The molecule has 2 amide bonds. The average molecular weight is 288 g/mol. The van der Waals surface area contributed by atoms with Crippen LogP contribution >= 0.6 is 23.2 Å². The van der Waals surface area contributed by atoms with Gasteiger partial charge in [0.2, 0.25) is 0 Å². The molecule has 1 aliphatic heterocycles. The molecule has 1 fully saturated rings. The minimum absolute atomic E-state index is 0.0722. The maximum atomic E-state index is 10.9. The summed E-state index contributed by atoms with van der Waals surface area (Å²) in [7, 11) is 0. The Balaban J connectivity index is 2.10. The number of nitrogens with one attached hydrogen (secondary N) is 1. The molecule has 98 valence electrons. The van der Waals surface area contributed by atoms with Crippen LogP contribution in [0.15, 0.2) is 18.2 Å². The lowest BCUT2D eigenvalue weighted by molar-refractivity contribution is 0.243. The third kappa shape index (κ3) is 3.21. The van der Waals surface area contributed by atoms with E-state index < -0.39 is 6.03 Å². The third-order valence-electron chi connectivity index (χ3n) is 3.02. The van der Waals surface area contributed by atoms with Crippen LogP contribution in [-0.2, 0) is 0 Å². The van der Waals surface area contributed by atoms with Gasteiger partial charge >= 0.3 is 6.03 Å². The number of carbonyl (C=O) groups is 1.